The van der Waals surface area contributed by atoms with Gasteiger partial charge in [-0.05, 0) is 24.1 Å². The van der Waals surface area contributed by atoms with Gasteiger partial charge in [0.1, 0.15) is 0 Å². The molecule has 0 bridgehead atoms. The molecular formula is C12H15BrN2O2. The average Bonchev–Trinajstić information content (AvgIpc) is 2.53. The summed E-state index contributed by atoms with van der Waals surface area (Å²) in [5.41, 5.74) is 2.45. The molecule has 0 radical (unpaired) electrons. The third kappa shape index (κ3) is 1.83. The van der Waals surface area contributed by atoms with E-state index in [1.54, 1.807) is 23.2 Å². The number of aliphatic hydroxyl groups is 1. The van der Waals surface area contributed by atoms with Gasteiger partial charge in [-0.15, -0.1) is 0 Å². The van der Waals surface area contributed by atoms with Gasteiger partial charge in [0.25, 0.3) is 0 Å². The van der Waals surface area contributed by atoms with E-state index < -0.39 is 6.10 Å². The van der Waals surface area contributed by atoms with E-state index in [0.717, 1.165) is 21.1 Å². The molecule has 0 spiro atoms. The van der Waals surface area contributed by atoms with Crippen molar-refractivity contribution < 1.29 is 5.11 Å². The molecule has 1 aromatic heterocycles. The summed E-state index contributed by atoms with van der Waals surface area (Å²) in [6.45, 7) is 1.92. The van der Waals surface area contributed by atoms with Crippen LogP contribution in [0.5, 0.6) is 0 Å². The highest BCUT2D eigenvalue weighted by atomic mass is 79.9. The Kier molecular flexibility index (Phi) is 3.14. The highest BCUT2D eigenvalue weighted by Crippen LogP contribution is 2.29. The molecule has 0 aliphatic rings. The fraction of sp³-hybridized carbons (Fsp3) is 0.417. The molecule has 1 heterocycles. The van der Waals surface area contributed by atoms with Crippen molar-refractivity contribution >= 4 is 27.0 Å². The van der Waals surface area contributed by atoms with Crippen LogP contribution < -0.4 is 5.69 Å². The number of benzene rings is 1. The van der Waals surface area contributed by atoms with Crippen molar-refractivity contribution in [1.82, 2.24) is 9.13 Å². The second-order valence-corrected chi connectivity index (χ2v) is 5.04. The van der Waals surface area contributed by atoms with E-state index in [1.165, 1.54) is 0 Å². The number of hydrogen-bond acceptors (Lipinski definition) is 2. The van der Waals surface area contributed by atoms with E-state index in [0.29, 0.717) is 6.42 Å². The van der Waals surface area contributed by atoms with Crippen LogP contribution in [0.25, 0.3) is 11.0 Å². The number of nitrogens with zero attached hydrogens (tertiary/aromatic N) is 2. The molecule has 0 amide bonds. The predicted molar refractivity (Wildman–Crippen MR) is 71.1 cm³/mol. The van der Waals surface area contributed by atoms with E-state index in [9.17, 15) is 9.90 Å². The van der Waals surface area contributed by atoms with E-state index in [2.05, 4.69) is 15.9 Å². The minimum atomic E-state index is -0.510. The van der Waals surface area contributed by atoms with Crippen LogP contribution in [-0.2, 0) is 14.1 Å². The highest BCUT2D eigenvalue weighted by molar-refractivity contribution is 9.10. The zero-order valence-electron chi connectivity index (χ0n) is 10.1. The molecule has 0 fully saturated rings. The number of rotatable bonds is 2. The summed E-state index contributed by atoms with van der Waals surface area (Å²) >= 11 is 3.44. The van der Waals surface area contributed by atoms with E-state index in [1.807, 2.05) is 19.1 Å². The van der Waals surface area contributed by atoms with Gasteiger partial charge in [-0.25, -0.2) is 4.79 Å². The number of fused-ring (bicyclic) bond motifs is 1. The first kappa shape index (κ1) is 12.4. The van der Waals surface area contributed by atoms with Gasteiger partial charge in [-0.2, -0.15) is 0 Å². The summed E-state index contributed by atoms with van der Waals surface area (Å²) in [4.78, 5) is 11.8. The molecule has 4 nitrogen and oxygen atoms in total. The van der Waals surface area contributed by atoms with Gasteiger partial charge in [-0.1, -0.05) is 22.9 Å². The van der Waals surface area contributed by atoms with Gasteiger partial charge >= 0.3 is 5.69 Å². The average molecular weight is 299 g/mol. The van der Waals surface area contributed by atoms with Gasteiger partial charge in [0.05, 0.1) is 17.1 Å². The Balaban J connectivity index is 2.81. The van der Waals surface area contributed by atoms with Crippen LogP contribution in [0, 0.1) is 0 Å². The molecule has 0 saturated heterocycles. The molecule has 5 heteroatoms. The normalized spacial score (nSPS) is 13.2. The quantitative estimate of drug-likeness (QED) is 0.923. The monoisotopic (exact) mass is 298 g/mol. The fourth-order valence-electron chi connectivity index (χ4n) is 2.01. The second-order valence-electron chi connectivity index (χ2n) is 4.19. The van der Waals surface area contributed by atoms with Crippen LogP contribution in [0.1, 0.15) is 25.0 Å². The van der Waals surface area contributed by atoms with E-state index in [-0.39, 0.29) is 5.69 Å². The predicted octanol–water partition coefficient (Wildman–Crippen LogP) is 2.08. The van der Waals surface area contributed by atoms with Crippen molar-refractivity contribution in [3.63, 3.8) is 0 Å². The molecule has 0 unspecified atom stereocenters. The van der Waals surface area contributed by atoms with E-state index >= 15 is 0 Å². The van der Waals surface area contributed by atoms with Crippen molar-refractivity contribution in [3.05, 3.63) is 32.7 Å². The largest absolute Gasteiger partial charge is 0.388 e. The molecule has 1 N–H and O–H groups in total. The minimum Gasteiger partial charge on any atom is -0.388 e. The van der Waals surface area contributed by atoms with Crippen LogP contribution >= 0.6 is 15.9 Å². The topological polar surface area (TPSA) is 47.2 Å². The molecule has 92 valence electrons. The summed E-state index contributed by atoms with van der Waals surface area (Å²) in [7, 11) is 3.48. The number of aryl methyl sites for hydroxylation is 2. The van der Waals surface area contributed by atoms with Gasteiger partial charge in [0, 0.05) is 18.6 Å². The Morgan fingerprint density at radius 3 is 2.35 bits per heavy atom. The minimum absolute atomic E-state index is 0.0601. The van der Waals surface area contributed by atoms with Gasteiger partial charge in [0.15, 0.2) is 0 Å². The fourth-order valence-corrected chi connectivity index (χ4v) is 2.61. The van der Waals surface area contributed by atoms with Crippen molar-refractivity contribution in [2.75, 3.05) is 0 Å². The SMILES string of the molecule is CC[C@H](O)c1cc2c(cc1Br)n(C)c(=O)n2C. The summed E-state index contributed by atoms with van der Waals surface area (Å²) < 4.78 is 4.02. The number of hydrogen-bond donors (Lipinski definition) is 1. The maximum absolute atomic E-state index is 11.8. The summed E-state index contributed by atoms with van der Waals surface area (Å²) in [6, 6.07) is 3.75. The molecular weight excluding hydrogens is 284 g/mol. The standard InChI is InChI=1S/C12H15BrN2O2/c1-4-11(16)7-5-9-10(6-8(7)13)15(3)12(17)14(9)2/h5-6,11,16H,4H2,1-3H3/t11-/m0/s1. The maximum atomic E-state index is 11.8. The summed E-state index contributed by atoms with van der Waals surface area (Å²) in [5.74, 6) is 0. The third-order valence-electron chi connectivity index (χ3n) is 3.14. The number of aromatic nitrogens is 2. The number of imidazole rings is 1. The molecule has 2 aromatic rings. The van der Waals surface area contributed by atoms with E-state index in [4.69, 9.17) is 0 Å². The highest BCUT2D eigenvalue weighted by Gasteiger charge is 2.15. The Labute approximate surface area is 108 Å². The first-order chi connectivity index (χ1) is 7.97. The molecule has 1 aromatic carbocycles. The van der Waals surface area contributed by atoms with Crippen LogP contribution in [0.15, 0.2) is 21.4 Å². The van der Waals surface area contributed by atoms with Crippen LogP contribution in [-0.4, -0.2) is 14.2 Å². The maximum Gasteiger partial charge on any atom is 0.328 e. The first-order valence-electron chi connectivity index (χ1n) is 5.50. The molecule has 0 saturated carbocycles. The van der Waals surface area contributed by atoms with Gasteiger partial charge in [-0.3, -0.25) is 9.13 Å². The Bertz CT molecular complexity index is 627. The van der Waals surface area contributed by atoms with Gasteiger partial charge < -0.3 is 5.11 Å². The molecule has 1 atom stereocenters. The Morgan fingerprint density at radius 1 is 1.29 bits per heavy atom. The lowest BCUT2D eigenvalue weighted by Gasteiger charge is -2.11. The second kappa shape index (κ2) is 4.31. The number of halogens is 1. The van der Waals surface area contributed by atoms with Crippen molar-refractivity contribution in [3.8, 4) is 0 Å². The first-order valence-corrected chi connectivity index (χ1v) is 6.29. The lowest BCUT2D eigenvalue weighted by atomic mass is 10.1. The van der Waals surface area contributed by atoms with Crippen LogP contribution in [0.3, 0.4) is 0 Å². The Morgan fingerprint density at radius 2 is 1.82 bits per heavy atom. The molecule has 2 rings (SSSR count). The van der Waals surface area contributed by atoms with Crippen molar-refractivity contribution in [1.29, 1.82) is 0 Å². The zero-order valence-corrected chi connectivity index (χ0v) is 11.7. The summed E-state index contributed by atoms with van der Waals surface area (Å²) in [5, 5.41) is 9.91. The zero-order chi connectivity index (χ0) is 12.7. The van der Waals surface area contributed by atoms with Crippen LogP contribution in [0.4, 0.5) is 0 Å². The van der Waals surface area contributed by atoms with Crippen molar-refractivity contribution in [2.45, 2.75) is 19.4 Å². The smallest absolute Gasteiger partial charge is 0.328 e. The third-order valence-corrected chi connectivity index (χ3v) is 3.82. The number of aliphatic hydroxyl groups excluding tert-OH is 1. The van der Waals surface area contributed by atoms with Crippen molar-refractivity contribution in [2.24, 2.45) is 14.1 Å². The van der Waals surface area contributed by atoms with Gasteiger partial charge in [0.2, 0.25) is 0 Å². The molecule has 17 heavy (non-hydrogen) atoms. The van der Waals surface area contributed by atoms with Crippen LogP contribution in [0.2, 0.25) is 0 Å². The molecule has 0 aliphatic carbocycles. The lowest BCUT2D eigenvalue weighted by Crippen LogP contribution is -2.19. The molecule has 0 aliphatic heterocycles. The lowest BCUT2D eigenvalue weighted by molar-refractivity contribution is 0.173. The summed E-state index contributed by atoms with van der Waals surface area (Å²) in [6.07, 6.45) is 0.134. The Hall–Kier alpha value is -1.07.